The maximum Gasteiger partial charge on any atom is 0.266 e. The van der Waals surface area contributed by atoms with Gasteiger partial charge >= 0.3 is 0 Å². The zero-order chi connectivity index (χ0) is 28.5. The minimum atomic E-state index is -0.631. The van der Waals surface area contributed by atoms with Gasteiger partial charge in [0.05, 0.1) is 21.5 Å². The molecule has 5 aromatic rings. The normalized spacial score (nSPS) is 14.3. The van der Waals surface area contributed by atoms with Gasteiger partial charge in [0.15, 0.2) is 0 Å². The highest BCUT2D eigenvalue weighted by molar-refractivity contribution is 6.32. The number of fused-ring (bicyclic) bond motifs is 2. The lowest BCUT2D eigenvalue weighted by Crippen LogP contribution is -2.31. The van der Waals surface area contributed by atoms with Crippen molar-refractivity contribution in [2.75, 3.05) is 39.2 Å². The van der Waals surface area contributed by atoms with Crippen molar-refractivity contribution in [2.45, 2.75) is 18.9 Å². The second-order valence-electron chi connectivity index (χ2n) is 10.1. The van der Waals surface area contributed by atoms with E-state index in [2.05, 4.69) is 68.0 Å². The van der Waals surface area contributed by atoms with Crippen LogP contribution < -0.4 is 10.9 Å². The Morgan fingerprint density at radius 1 is 1.20 bits per heavy atom. The van der Waals surface area contributed by atoms with Crippen LogP contribution in [0.2, 0.25) is 5.02 Å². The third-order valence-electron chi connectivity index (χ3n) is 7.43. The van der Waals surface area contributed by atoms with Crippen LogP contribution in [0.5, 0.6) is 0 Å². The fourth-order valence-electron chi connectivity index (χ4n) is 5.33. The van der Waals surface area contributed by atoms with Crippen LogP contribution in [0.25, 0.3) is 27.5 Å². The Balaban J connectivity index is 1.37. The number of hydrogen-bond acceptors (Lipinski definition) is 6. The van der Waals surface area contributed by atoms with E-state index in [1.165, 1.54) is 43.2 Å². The maximum atomic E-state index is 14.7. The summed E-state index contributed by atoms with van der Waals surface area (Å²) in [6, 6.07) is 13.0. The maximum absolute atomic E-state index is 14.7. The van der Waals surface area contributed by atoms with Gasteiger partial charge in [-0.15, -0.1) is 0 Å². The summed E-state index contributed by atoms with van der Waals surface area (Å²) in [7, 11) is 3.70. The molecule has 41 heavy (non-hydrogen) atoms. The zero-order valence-corrected chi connectivity index (χ0v) is 23.5. The van der Waals surface area contributed by atoms with Crippen molar-refractivity contribution in [1.29, 1.82) is 0 Å². The molecule has 1 fully saturated rings. The van der Waals surface area contributed by atoms with Crippen LogP contribution >= 0.6 is 11.6 Å². The molecule has 0 aliphatic carbocycles. The quantitative estimate of drug-likeness (QED) is 0.280. The summed E-state index contributed by atoms with van der Waals surface area (Å²) in [6.07, 6.45) is 7.30. The molecule has 0 unspecified atom stereocenters. The van der Waals surface area contributed by atoms with E-state index in [1.807, 2.05) is 6.07 Å². The molecule has 2 aromatic carbocycles. The van der Waals surface area contributed by atoms with Gasteiger partial charge in [-0.05, 0) is 69.4 Å². The van der Waals surface area contributed by atoms with Crippen LogP contribution in [0.4, 0.5) is 16.0 Å². The van der Waals surface area contributed by atoms with Crippen molar-refractivity contribution >= 4 is 45.0 Å². The predicted octanol–water partition coefficient (Wildman–Crippen LogP) is 5.54. The van der Waals surface area contributed by atoms with Crippen molar-refractivity contribution in [3.63, 3.8) is 0 Å². The Labute approximate surface area is 241 Å². The number of pyridine rings is 1. The number of nitrogens with zero attached hydrogens (tertiary/aromatic N) is 5. The molecule has 1 saturated heterocycles. The van der Waals surface area contributed by atoms with E-state index < -0.39 is 11.4 Å². The summed E-state index contributed by atoms with van der Waals surface area (Å²) in [6.45, 7) is 2.37. The molecule has 208 valence electrons. The number of halogens is 2. The van der Waals surface area contributed by atoms with E-state index in [0.717, 1.165) is 41.6 Å². The number of benzene rings is 2. The highest BCUT2D eigenvalue weighted by Gasteiger charge is 2.20. The van der Waals surface area contributed by atoms with Crippen LogP contribution in [-0.2, 0) is 4.74 Å². The summed E-state index contributed by atoms with van der Waals surface area (Å²) in [5.41, 5.74) is 2.19. The number of aromatic nitrogens is 4. The summed E-state index contributed by atoms with van der Waals surface area (Å²) < 4.78 is 23.3. The molecule has 1 aliphatic rings. The molecule has 1 aliphatic heterocycles. The first-order chi connectivity index (χ1) is 19.9. The highest BCUT2D eigenvalue weighted by Crippen LogP contribution is 2.30. The molecule has 6 rings (SSSR count). The molecule has 1 N–H and O–H groups in total. The van der Waals surface area contributed by atoms with E-state index in [-0.39, 0.29) is 22.7 Å². The van der Waals surface area contributed by atoms with Gasteiger partial charge in [-0.2, -0.15) is 0 Å². The van der Waals surface area contributed by atoms with Gasteiger partial charge in [-0.3, -0.25) is 9.36 Å². The second kappa shape index (κ2) is 11.3. The van der Waals surface area contributed by atoms with Gasteiger partial charge in [-0.25, -0.2) is 14.4 Å². The highest BCUT2D eigenvalue weighted by atomic mass is 35.5. The summed E-state index contributed by atoms with van der Waals surface area (Å²) in [5, 5.41) is 4.66. The Morgan fingerprint density at radius 2 is 2.02 bits per heavy atom. The van der Waals surface area contributed by atoms with Gasteiger partial charge in [0.25, 0.3) is 5.56 Å². The van der Waals surface area contributed by atoms with Gasteiger partial charge in [0.1, 0.15) is 18.1 Å². The monoisotopic (exact) mass is 570 g/mol. The fourth-order valence-corrected chi connectivity index (χ4v) is 5.58. The number of nitrogens with one attached hydrogen (secondary N) is 1. The first-order valence-electron chi connectivity index (χ1n) is 13.3. The van der Waals surface area contributed by atoms with Crippen LogP contribution in [0.1, 0.15) is 24.4 Å². The lowest BCUT2D eigenvalue weighted by molar-refractivity contribution is 0.224. The number of para-hydroxylation sites is 1. The number of anilines is 2. The van der Waals surface area contributed by atoms with Crippen LogP contribution in [-0.4, -0.2) is 57.9 Å². The minimum absolute atomic E-state index is 0.0569. The third-order valence-corrected chi connectivity index (χ3v) is 7.73. The van der Waals surface area contributed by atoms with Gasteiger partial charge in [0.2, 0.25) is 5.95 Å². The van der Waals surface area contributed by atoms with Gasteiger partial charge in [-0.1, -0.05) is 29.5 Å². The van der Waals surface area contributed by atoms with Gasteiger partial charge in [0, 0.05) is 48.3 Å². The predicted molar refractivity (Wildman–Crippen MR) is 160 cm³/mol. The van der Waals surface area contributed by atoms with Crippen LogP contribution in [0, 0.1) is 17.7 Å². The molecule has 3 aromatic heterocycles. The summed E-state index contributed by atoms with van der Waals surface area (Å²) >= 11 is 6.27. The molecule has 0 spiro atoms. The smallest absolute Gasteiger partial charge is 0.266 e. The first-order valence-corrected chi connectivity index (χ1v) is 13.7. The number of rotatable bonds is 5. The van der Waals surface area contributed by atoms with Crippen molar-refractivity contribution in [2.24, 2.45) is 0 Å². The lowest BCUT2D eigenvalue weighted by atomic mass is 10.1. The SMILES string of the molecule is COCC#Cc1cn(-c2c(F)cccc2Cl)c(=O)c2cnc(Nc3ccc4c(ccn4C4CCN(C)CC4)c3)nc12. The molecule has 4 heterocycles. The number of piperidine rings is 1. The van der Waals surface area contributed by atoms with Crippen molar-refractivity contribution in [3.05, 3.63) is 87.8 Å². The Kier molecular flexibility index (Phi) is 7.45. The average Bonchev–Trinajstić information content (AvgIpc) is 3.39. The molecule has 10 heteroatoms. The Morgan fingerprint density at radius 3 is 2.80 bits per heavy atom. The zero-order valence-electron chi connectivity index (χ0n) is 22.7. The number of hydrogen-bond donors (Lipinski definition) is 1. The Hall–Kier alpha value is -4.23. The largest absolute Gasteiger partial charge is 0.372 e. The average molecular weight is 571 g/mol. The van der Waals surface area contributed by atoms with E-state index in [4.69, 9.17) is 16.3 Å². The molecular weight excluding hydrogens is 543 g/mol. The number of likely N-dealkylation sites (tertiary alicyclic amines) is 1. The van der Waals surface area contributed by atoms with E-state index in [9.17, 15) is 9.18 Å². The van der Waals surface area contributed by atoms with E-state index in [1.54, 1.807) is 0 Å². The van der Waals surface area contributed by atoms with E-state index in [0.29, 0.717) is 23.1 Å². The standard InChI is InChI=1S/C31H28ClFN6O2/c1-37-13-11-23(12-14-37)38-15-10-20-17-22(8-9-27(20)38)35-31-34-18-24-28(36-31)21(5-4-16-41-2)19-39(30(24)40)29-25(32)6-3-7-26(29)33/h3,6-10,15,17-19,23H,11-14,16H2,1-2H3,(H,34,35,36). The molecular formula is C31H28ClFN6O2. The third kappa shape index (κ3) is 5.30. The molecule has 0 bridgehead atoms. The fraction of sp³-hybridized carbons (Fsp3) is 0.258. The number of ether oxygens (including phenoxy) is 1. The second-order valence-corrected chi connectivity index (χ2v) is 10.5. The summed E-state index contributed by atoms with van der Waals surface area (Å²) in [4.78, 5) is 24.9. The van der Waals surface area contributed by atoms with Crippen molar-refractivity contribution < 1.29 is 9.13 Å². The minimum Gasteiger partial charge on any atom is -0.372 e. The van der Waals surface area contributed by atoms with Crippen molar-refractivity contribution in [1.82, 2.24) is 24.0 Å². The van der Waals surface area contributed by atoms with E-state index >= 15 is 0 Å². The molecule has 0 saturated carbocycles. The van der Waals surface area contributed by atoms with Crippen molar-refractivity contribution in [3.8, 4) is 17.5 Å². The summed E-state index contributed by atoms with van der Waals surface area (Å²) in [5.74, 6) is 5.56. The van der Waals surface area contributed by atoms with Gasteiger partial charge < -0.3 is 19.5 Å². The molecule has 0 radical (unpaired) electrons. The first kappa shape index (κ1) is 27.0. The lowest BCUT2D eigenvalue weighted by Gasteiger charge is -2.30. The molecule has 0 amide bonds. The molecule has 8 nitrogen and oxygen atoms in total. The topological polar surface area (TPSA) is 77.2 Å². The Bertz CT molecular complexity index is 1860. The molecule has 0 atom stereocenters. The van der Waals surface area contributed by atoms with Crippen LogP contribution in [0.3, 0.4) is 0 Å². The number of methoxy groups -OCH3 is 1. The van der Waals surface area contributed by atoms with Crippen LogP contribution in [0.15, 0.2) is 65.8 Å².